The van der Waals surface area contributed by atoms with E-state index in [1.807, 2.05) is 20.0 Å². The molecule has 0 aromatic heterocycles. The van der Waals surface area contributed by atoms with Gasteiger partial charge in [-0.3, -0.25) is 0 Å². The van der Waals surface area contributed by atoms with Crippen molar-refractivity contribution in [2.45, 2.75) is 13.5 Å². The second-order valence-corrected chi connectivity index (χ2v) is 3.91. The van der Waals surface area contributed by atoms with Gasteiger partial charge in [0.25, 0.3) is 0 Å². The van der Waals surface area contributed by atoms with Gasteiger partial charge >= 0.3 is 0 Å². The highest BCUT2D eigenvalue weighted by Crippen LogP contribution is 2.37. The van der Waals surface area contributed by atoms with E-state index in [1.165, 1.54) is 0 Å². The van der Waals surface area contributed by atoms with Crippen LogP contribution in [0.3, 0.4) is 0 Å². The third-order valence-electron chi connectivity index (χ3n) is 2.09. The Bertz CT molecular complexity index is 339. The summed E-state index contributed by atoms with van der Waals surface area (Å²) in [5, 5.41) is 12.8. The molecule has 4 heteroatoms. The lowest BCUT2D eigenvalue weighted by Gasteiger charge is -2.12. The van der Waals surface area contributed by atoms with Crippen molar-refractivity contribution in [3.8, 4) is 11.5 Å². The van der Waals surface area contributed by atoms with Gasteiger partial charge in [0.15, 0.2) is 0 Å². The Morgan fingerprint density at radius 1 is 1.57 bits per heavy atom. The first-order chi connectivity index (χ1) is 6.61. The molecule has 3 nitrogen and oxygen atoms in total. The highest BCUT2D eigenvalue weighted by Gasteiger charge is 2.12. The Morgan fingerprint density at radius 3 is 2.71 bits per heavy atom. The Kier molecular flexibility index (Phi) is 3.77. The van der Waals surface area contributed by atoms with E-state index in [9.17, 15) is 5.11 Å². The molecule has 1 aromatic rings. The maximum absolute atomic E-state index is 9.82. The second kappa shape index (κ2) is 4.66. The number of hydrogen-bond donors (Lipinski definition) is 2. The van der Waals surface area contributed by atoms with Crippen molar-refractivity contribution in [2.24, 2.45) is 0 Å². The molecular formula is C10H14BrNO2. The van der Waals surface area contributed by atoms with Crippen molar-refractivity contribution in [1.82, 2.24) is 5.32 Å². The lowest BCUT2D eigenvalue weighted by atomic mass is 10.1. The van der Waals surface area contributed by atoms with Crippen LogP contribution in [0.4, 0.5) is 0 Å². The molecule has 0 unspecified atom stereocenters. The molecule has 0 aliphatic rings. The van der Waals surface area contributed by atoms with Crippen LogP contribution in [0.5, 0.6) is 11.5 Å². The SMILES string of the molecule is CNCc1cc(Br)c(OC)c(C)c1O. The maximum atomic E-state index is 9.82. The number of phenols is 1. The molecule has 0 radical (unpaired) electrons. The van der Waals surface area contributed by atoms with Gasteiger partial charge in [0.05, 0.1) is 11.6 Å². The normalized spacial score (nSPS) is 10.3. The van der Waals surface area contributed by atoms with Gasteiger partial charge in [-0.1, -0.05) is 0 Å². The fraction of sp³-hybridized carbons (Fsp3) is 0.400. The first-order valence-corrected chi connectivity index (χ1v) is 5.10. The summed E-state index contributed by atoms with van der Waals surface area (Å²) in [4.78, 5) is 0. The topological polar surface area (TPSA) is 41.5 Å². The van der Waals surface area contributed by atoms with Crippen molar-refractivity contribution in [3.63, 3.8) is 0 Å². The molecule has 0 spiro atoms. The van der Waals surface area contributed by atoms with E-state index in [2.05, 4.69) is 21.2 Å². The molecule has 78 valence electrons. The lowest BCUT2D eigenvalue weighted by Crippen LogP contribution is -2.06. The molecule has 0 aliphatic carbocycles. The molecule has 14 heavy (non-hydrogen) atoms. The fourth-order valence-electron chi connectivity index (χ4n) is 1.39. The number of ether oxygens (including phenoxy) is 1. The van der Waals surface area contributed by atoms with Gasteiger partial charge in [-0.25, -0.2) is 0 Å². The van der Waals surface area contributed by atoms with Gasteiger partial charge in [0, 0.05) is 17.7 Å². The summed E-state index contributed by atoms with van der Waals surface area (Å²) >= 11 is 3.40. The molecular weight excluding hydrogens is 246 g/mol. The third kappa shape index (κ3) is 2.01. The van der Waals surface area contributed by atoms with Crippen LogP contribution in [0, 0.1) is 6.92 Å². The van der Waals surface area contributed by atoms with Crippen LogP contribution in [-0.2, 0) is 6.54 Å². The van der Waals surface area contributed by atoms with E-state index in [0.29, 0.717) is 18.0 Å². The van der Waals surface area contributed by atoms with Gasteiger partial charge in [-0.15, -0.1) is 0 Å². The minimum Gasteiger partial charge on any atom is -0.507 e. The molecule has 0 fully saturated rings. The number of halogens is 1. The molecule has 1 rings (SSSR count). The largest absolute Gasteiger partial charge is 0.507 e. The van der Waals surface area contributed by atoms with Crippen LogP contribution >= 0.6 is 15.9 Å². The lowest BCUT2D eigenvalue weighted by molar-refractivity contribution is 0.398. The Morgan fingerprint density at radius 2 is 2.21 bits per heavy atom. The highest BCUT2D eigenvalue weighted by atomic mass is 79.9. The molecule has 0 amide bonds. The maximum Gasteiger partial charge on any atom is 0.139 e. The van der Waals surface area contributed by atoms with Gasteiger partial charge in [0.2, 0.25) is 0 Å². The molecule has 1 aromatic carbocycles. The van der Waals surface area contributed by atoms with Crippen LogP contribution in [0.2, 0.25) is 0 Å². The summed E-state index contributed by atoms with van der Waals surface area (Å²) in [5.41, 5.74) is 1.62. The third-order valence-corrected chi connectivity index (χ3v) is 2.68. The monoisotopic (exact) mass is 259 g/mol. The number of rotatable bonds is 3. The Labute approximate surface area is 92.2 Å². The van der Waals surface area contributed by atoms with Crippen LogP contribution in [0.25, 0.3) is 0 Å². The average Bonchev–Trinajstić information content (AvgIpc) is 2.15. The van der Waals surface area contributed by atoms with E-state index in [-0.39, 0.29) is 0 Å². The minimum atomic E-state index is 0.291. The van der Waals surface area contributed by atoms with Crippen molar-refractivity contribution in [3.05, 3.63) is 21.7 Å². The summed E-state index contributed by atoms with van der Waals surface area (Å²) in [5.74, 6) is 0.974. The van der Waals surface area contributed by atoms with E-state index < -0.39 is 0 Å². The Hall–Kier alpha value is -0.740. The summed E-state index contributed by atoms with van der Waals surface area (Å²) in [6.07, 6.45) is 0. The number of methoxy groups -OCH3 is 1. The van der Waals surface area contributed by atoms with Crippen molar-refractivity contribution >= 4 is 15.9 Å². The standard InChI is InChI=1S/C10H14BrNO2/c1-6-9(13)7(5-12-2)4-8(11)10(6)14-3/h4,12-13H,5H2,1-3H3. The summed E-state index contributed by atoms with van der Waals surface area (Å²) < 4.78 is 6.02. The van der Waals surface area contributed by atoms with Gasteiger partial charge in [-0.2, -0.15) is 0 Å². The number of aromatic hydroxyl groups is 1. The molecule has 2 N–H and O–H groups in total. The average molecular weight is 260 g/mol. The number of benzene rings is 1. The molecule has 0 saturated heterocycles. The van der Waals surface area contributed by atoms with Gasteiger partial charge < -0.3 is 15.2 Å². The molecule has 0 atom stereocenters. The molecule has 0 heterocycles. The molecule has 0 bridgehead atoms. The van der Waals surface area contributed by atoms with Crippen LogP contribution in [0.1, 0.15) is 11.1 Å². The van der Waals surface area contributed by atoms with Gasteiger partial charge in [0.1, 0.15) is 11.5 Å². The van der Waals surface area contributed by atoms with E-state index >= 15 is 0 Å². The first-order valence-electron chi connectivity index (χ1n) is 4.31. The van der Waals surface area contributed by atoms with E-state index in [0.717, 1.165) is 15.6 Å². The summed E-state index contributed by atoms with van der Waals surface area (Å²) in [6.45, 7) is 2.47. The van der Waals surface area contributed by atoms with Crippen LogP contribution in [0.15, 0.2) is 10.5 Å². The quantitative estimate of drug-likeness (QED) is 0.875. The second-order valence-electron chi connectivity index (χ2n) is 3.05. The zero-order valence-corrected chi connectivity index (χ0v) is 10.1. The van der Waals surface area contributed by atoms with Gasteiger partial charge in [-0.05, 0) is 36.0 Å². The van der Waals surface area contributed by atoms with E-state index in [1.54, 1.807) is 7.11 Å². The predicted molar refractivity (Wildman–Crippen MR) is 59.9 cm³/mol. The Balaban J connectivity index is 3.25. The highest BCUT2D eigenvalue weighted by molar-refractivity contribution is 9.10. The zero-order chi connectivity index (χ0) is 10.7. The minimum absolute atomic E-state index is 0.291. The first kappa shape index (κ1) is 11.3. The number of nitrogens with one attached hydrogen (secondary N) is 1. The number of hydrogen-bond acceptors (Lipinski definition) is 3. The van der Waals surface area contributed by atoms with Crippen molar-refractivity contribution in [2.75, 3.05) is 14.2 Å². The van der Waals surface area contributed by atoms with Crippen molar-refractivity contribution < 1.29 is 9.84 Å². The smallest absolute Gasteiger partial charge is 0.139 e. The molecule has 0 aliphatic heterocycles. The van der Waals surface area contributed by atoms with E-state index in [4.69, 9.17) is 4.74 Å². The number of phenolic OH excluding ortho intramolecular Hbond substituents is 1. The zero-order valence-electron chi connectivity index (χ0n) is 8.52. The molecule has 0 saturated carbocycles. The fourth-order valence-corrected chi connectivity index (χ4v) is 2.13. The van der Waals surface area contributed by atoms with Crippen LogP contribution < -0.4 is 10.1 Å². The summed E-state index contributed by atoms with van der Waals surface area (Å²) in [6, 6.07) is 1.86. The van der Waals surface area contributed by atoms with Crippen molar-refractivity contribution in [1.29, 1.82) is 0 Å². The predicted octanol–water partition coefficient (Wildman–Crippen LogP) is 2.19. The van der Waals surface area contributed by atoms with Crippen LogP contribution in [-0.4, -0.2) is 19.3 Å². The summed E-state index contributed by atoms with van der Waals surface area (Å²) in [7, 11) is 3.43.